The first kappa shape index (κ1) is 12.3. The topological polar surface area (TPSA) is 66.6 Å². The minimum Gasteiger partial charge on any atom is -0.506 e. The van der Waals surface area contributed by atoms with E-state index >= 15 is 0 Å². The van der Waals surface area contributed by atoms with Gasteiger partial charge in [0.25, 0.3) is 5.91 Å². The number of likely N-dealkylation sites (tertiary alicyclic amines) is 1. The number of carbonyl (C=O) groups is 1. The van der Waals surface area contributed by atoms with Gasteiger partial charge in [-0.15, -0.1) is 0 Å². The zero-order valence-corrected chi connectivity index (χ0v) is 11.0. The molecular formula is C15H20N2O2. The quantitative estimate of drug-likeness (QED) is 0.602. The maximum absolute atomic E-state index is 12.6. The van der Waals surface area contributed by atoms with E-state index in [1.807, 2.05) is 4.90 Å². The molecule has 4 heteroatoms. The van der Waals surface area contributed by atoms with Crippen LogP contribution in [-0.4, -0.2) is 28.5 Å². The third-order valence-electron chi connectivity index (χ3n) is 4.53. The number of hydrogen-bond donors (Lipinski definition) is 2. The predicted octanol–water partition coefficient (Wildman–Crippen LogP) is 2.38. The van der Waals surface area contributed by atoms with Crippen LogP contribution < -0.4 is 5.73 Å². The van der Waals surface area contributed by atoms with Gasteiger partial charge in [0.05, 0.1) is 5.69 Å². The minimum atomic E-state index is -0.00849. The van der Waals surface area contributed by atoms with Crippen LogP contribution >= 0.6 is 0 Å². The van der Waals surface area contributed by atoms with Gasteiger partial charge in [-0.3, -0.25) is 4.79 Å². The largest absolute Gasteiger partial charge is 0.506 e. The molecule has 4 nitrogen and oxygen atoms in total. The molecular weight excluding hydrogens is 240 g/mol. The van der Waals surface area contributed by atoms with Crippen molar-refractivity contribution in [2.45, 2.75) is 38.1 Å². The normalized spacial score (nSPS) is 26.2. The Labute approximate surface area is 113 Å². The highest BCUT2D eigenvalue weighted by molar-refractivity contribution is 5.95. The van der Waals surface area contributed by atoms with Gasteiger partial charge in [-0.25, -0.2) is 0 Å². The van der Waals surface area contributed by atoms with Crippen molar-refractivity contribution in [3.63, 3.8) is 0 Å². The SMILES string of the molecule is Nc1ccc(C(=O)N2CCCC3CCCC32)cc1O. The van der Waals surface area contributed by atoms with Gasteiger partial charge in [-0.2, -0.15) is 0 Å². The Kier molecular flexibility index (Phi) is 3.09. The molecule has 1 saturated heterocycles. The smallest absolute Gasteiger partial charge is 0.254 e. The highest BCUT2D eigenvalue weighted by atomic mass is 16.3. The summed E-state index contributed by atoms with van der Waals surface area (Å²) in [6.45, 7) is 0.838. The van der Waals surface area contributed by atoms with Gasteiger partial charge >= 0.3 is 0 Å². The van der Waals surface area contributed by atoms with Gasteiger partial charge in [0.2, 0.25) is 0 Å². The Morgan fingerprint density at radius 1 is 1.26 bits per heavy atom. The Balaban J connectivity index is 1.84. The predicted molar refractivity (Wildman–Crippen MR) is 73.9 cm³/mol. The summed E-state index contributed by atoms with van der Waals surface area (Å²) in [5.41, 5.74) is 6.43. The maximum Gasteiger partial charge on any atom is 0.254 e. The second-order valence-corrected chi connectivity index (χ2v) is 5.67. The molecule has 1 aliphatic heterocycles. The molecule has 1 saturated carbocycles. The molecule has 0 bridgehead atoms. The number of carbonyl (C=O) groups excluding carboxylic acids is 1. The summed E-state index contributed by atoms with van der Waals surface area (Å²) >= 11 is 0. The average Bonchev–Trinajstić information content (AvgIpc) is 2.89. The van der Waals surface area contributed by atoms with E-state index in [2.05, 4.69) is 0 Å². The Morgan fingerprint density at radius 3 is 2.84 bits per heavy atom. The number of piperidine rings is 1. The van der Waals surface area contributed by atoms with Crippen molar-refractivity contribution in [1.82, 2.24) is 4.90 Å². The summed E-state index contributed by atoms with van der Waals surface area (Å²) in [7, 11) is 0. The van der Waals surface area contributed by atoms with E-state index in [-0.39, 0.29) is 11.7 Å². The van der Waals surface area contributed by atoms with Gasteiger partial charge in [0.1, 0.15) is 5.75 Å². The lowest BCUT2D eigenvalue weighted by molar-refractivity contribution is 0.0548. The van der Waals surface area contributed by atoms with Crippen LogP contribution in [0.5, 0.6) is 5.75 Å². The van der Waals surface area contributed by atoms with Gasteiger partial charge in [0.15, 0.2) is 0 Å². The van der Waals surface area contributed by atoms with Crippen LogP contribution in [0.15, 0.2) is 18.2 Å². The molecule has 1 heterocycles. The molecule has 2 unspecified atom stereocenters. The van der Waals surface area contributed by atoms with E-state index in [1.54, 1.807) is 12.1 Å². The minimum absolute atomic E-state index is 0.00849. The summed E-state index contributed by atoms with van der Waals surface area (Å²) in [5, 5.41) is 9.64. The molecule has 1 aromatic carbocycles. The van der Waals surface area contributed by atoms with E-state index in [9.17, 15) is 9.90 Å². The second-order valence-electron chi connectivity index (χ2n) is 5.67. The fraction of sp³-hybridized carbons (Fsp3) is 0.533. The molecule has 19 heavy (non-hydrogen) atoms. The number of rotatable bonds is 1. The molecule has 102 valence electrons. The van der Waals surface area contributed by atoms with Crippen LogP contribution in [0.4, 0.5) is 5.69 Å². The summed E-state index contributed by atoms with van der Waals surface area (Å²) < 4.78 is 0. The first-order valence-electron chi connectivity index (χ1n) is 7.06. The van der Waals surface area contributed by atoms with Crippen LogP contribution in [0.1, 0.15) is 42.5 Å². The molecule has 0 spiro atoms. The van der Waals surface area contributed by atoms with E-state index in [0.29, 0.717) is 23.2 Å². The Morgan fingerprint density at radius 2 is 2.05 bits per heavy atom. The van der Waals surface area contributed by atoms with Crippen molar-refractivity contribution in [3.8, 4) is 5.75 Å². The fourth-order valence-electron chi connectivity index (χ4n) is 3.55. The Hall–Kier alpha value is -1.71. The Bertz CT molecular complexity index is 501. The number of benzene rings is 1. The van der Waals surface area contributed by atoms with Crippen LogP contribution in [0.25, 0.3) is 0 Å². The second kappa shape index (κ2) is 4.76. The summed E-state index contributed by atoms with van der Waals surface area (Å²) in [6.07, 6.45) is 5.94. The van der Waals surface area contributed by atoms with Crippen LogP contribution in [-0.2, 0) is 0 Å². The molecule has 1 aliphatic carbocycles. The van der Waals surface area contributed by atoms with Crippen LogP contribution in [0.2, 0.25) is 0 Å². The zero-order chi connectivity index (χ0) is 13.4. The van der Waals surface area contributed by atoms with Gasteiger partial charge in [0, 0.05) is 18.2 Å². The highest BCUT2D eigenvalue weighted by Gasteiger charge is 2.37. The van der Waals surface area contributed by atoms with Crippen molar-refractivity contribution in [3.05, 3.63) is 23.8 Å². The number of anilines is 1. The number of nitrogens with zero attached hydrogens (tertiary/aromatic N) is 1. The number of phenols is 1. The van der Waals surface area contributed by atoms with Gasteiger partial charge in [-0.1, -0.05) is 6.42 Å². The van der Waals surface area contributed by atoms with Gasteiger partial charge < -0.3 is 15.7 Å². The first-order chi connectivity index (χ1) is 9.16. The average molecular weight is 260 g/mol. The molecule has 2 fully saturated rings. The highest BCUT2D eigenvalue weighted by Crippen LogP contribution is 2.37. The first-order valence-corrected chi connectivity index (χ1v) is 7.06. The van der Waals surface area contributed by atoms with Gasteiger partial charge in [-0.05, 0) is 49.8 Å². The molecule has 1 aromatic rings. The van der Waals surface area contributed by atoms with Crippen molar-refractivity contribution in [1.29, 1.82) is 0 Å². The fourth-order valence-corrected chi connectivity index (χ4v) is 3.55. The monoisotopic (exact) mass is 260 g/mol. The summed E-state index contributed by atoms with van der Waals surface area (Å²) in [5.74, 6) is 0.706. The molecule has 1 amide bonds. The molecule has 2 aliphatic rings. The van der Waals surface area contributed by atoms with E-state index in [4.69, 9.17) is 5.73 Å². The number of nitrogen functional groups attached to an aromatic ring is 1. The number of nitrogens with two attached hydrogens (primary N) is 1. The number of hydrogen-bond acceptors (Lipinski definition) is 3. The molecule has 3 N–H and O–H groups in total. The van der Waals surface area contributed by atoms with E-state index in [0.717, 1.165) is 19.4 Å². The lowest BCUT2D eigenvalue weighted by atomic mass is 9.91. The van der Waals surface area contributed by atoms with Crippen LogP contribution in [0, 0.1) is 5.92 Å². The summed E-state index contributed by atoms with van der Waals surface area (Å²) in [4.78, 5) is 14.6. The number of phenolic OH excluding ortho intramolecular Hbond substituents is 1. The zero-order valence-electron chi connectivity index (χ0n) is 11.0. The lowest BCUT2D eigenvalue weighted by Crippen LogP contribution is -2.46. The van der Waals surface area contributed by atoms with E-state index in [1.165, 1.54) is 25.3 Å². The van der Waals surface area contributed by atoms with Crippen molar-refractivity contribution >= 4 is 11.6 Å². The lowest BCUT2D eigenvalue weighted by Gasteiger charge is -2.37. The van der Waals surface area contributed by atoms with Crippen molar-refractivity contribution in [2.75, 3.05) is 12.3 Å². The third kappa shape index (κ3) is 2.15. The van der Waals surface area contributed by atoms with Crippen molar-refractivity contribution in [2.24, 2.45) is 5.92 Å². The number of fused-ring (bicyclic) bond motifs is 1. The van der Waals surface area contributed by atoms with Crippen LogP contribution in [0.3, 0.4) is 0 Å². The maximum atomic E-state index is 12.6. The van der Waals surface area contributed by atoms with Crippen molar-refractivity contribution < 1.29 is 9.90 Å². The number of amides is 1. The number of aromatic hydroxyl groups is 1. The molecule has 2 atom stereocenters. The molecule has 3 rings (SSSR count). The molecule has 0 aromatic heterocycles. The molecule has 0 radical (unpaired) electrons. The van der Waals surface area contributed by atoms with E-state index < -0.39 is 0 Å². The third-order valence-corrected chi connectivity index (χ3v) is 4.53. The summed E-state index contributed by atoms with van der Waals surface area (Å²) in [6, 6.07) is 5.19. The standard InChI is InChI=1S/C15H20N2O2/c16-12-7-6-11(9-14(12)18)15(19)17-8-2-4-10-3-1-5-13(10)17/h6-7,9-10,13,18H,1-5,8,16H2.